The molecule has 0 atom stereocenters. The number of ether oxygens (including phenoxy) is 2. The molecular formula is C16H14BrNO4S. The van der Waals surface area contributed by atoms with Crippen LogP contribution in [0, 0.1) is 0 Å². The zero-order chi connectivity index (χ0) is 16.6. The summed E-state index contributed by atoms with van der Waals surface area (Å²) in [4.78, 5) is 0.214. The number of hydrogen-bond donors (Lipinski definition) is 0. The highest BCUT2D eigenvalue weighted by Crippen LogP contribution is 2.40. The maximum Gasteiger partial charge on any atom is 0.268 e. The molecule has 0 saturated carbocycles. The van der Waals surface area contributed by atoms with Gasteiger partial charge in [0.15, 0.2) is 0 Å². The van der Waals surface area contributed by atoms with Gasteiger partial charge in [-0.3, -0.25) is 0 Å². The average Bonchev–Trinajstić information content (AvgIpc) is 3.02. The van der Waals surface area contributed by atoms with Crippen LogP contribution in [0.4, 0.5) is 0 Å². The molecule has 1 aromatic heterocycles. The molecule has 0 spiro atoms. The Bertz CT molecular complexity index is 965. The summed E-state index contributed by atoms with van der Waals surface area (Å²) in [7, 11) is -0.677. The van der Waals surface area contributed by atoms with Crippen LogP contribution < -0.4 is 9.47 Å². The maximum absolute atomic E-state index is 12.9. The van der Waals surface area contributed by atoms with E-state index in [1.807, 2.05) is 0 Å². The molecule has 0 aliphatic heterocycles. The molecule has 23 heavy (non-hydrogen) atoms. The van der Waals surface area contributed by atoms with E-state index in [4.69, 9.17) is 9.47 Å². The van der Waals surface area contributed by atoms with Gasteiger partial charge in [0.05, 0.1) is 23.6 Å². The van der Waals surface area contributed by atoms with Crippen LogP contribution in [0.3, 0.4) is 0 Å². The van der Waals surface area contributed by atoms with Gasteiger partial charge in [-0.05, 0) is 34.1 Å². The van der Waals surface area contributed by atoms with Gasteiger partial charge in [0.1, 0.15) is 17.0 Å². The molecule has 1 heterocycles. The molecule has 0 N–H and O–H groups in total. The minimum Gasteiger partial charge on any atom is -0.495 e. The quantitative estimate of drug-likeness (QED) is 0.676. The fraction of sp³-hybridized carbons (Fsp3) is 0.125. The molecule has 0 radical (unpaired) electrons. The van der Waals surface area contributed by atoms with E-state index >= 15 is 0 Å². The standard InChI is InChI=1S/C16H14BrNO4S/c1-21-13-10-14(22-2)16-12(15(13)17)8-9-18(16)23(19,20)11-6-4-3-5-7-11/h3-10H,1-2H3. The molecule has 0 amide bonds. The van der Waals surface area contributed by atoms with Crippen LogP contribution in [0.5, 0.6) is 11.5 Å². The summed E-state index contributed by atoms with van der Waals surface area (Å²) in [6.45, 7) is 0. The zero-order valence-corrected chi connectivity index (χ0v) is 14.9. The minimum absolute atomic E-state index is 0.214. The summed E-state index contributed by atoms with van der Waals surface area (Å²) in [6.07, 6.45) is 1.51. The lowest BCUT2D eigenvalue weighted by Gasteiger charge is -2.13. The molecule has 120 valence electrons. The summed E-state index contributed by atoms with van der Waals surface area (Å²) < 4.78 is 38.4. The second-order valence-electron chi connectivity index (χ2n) is 4.79. The lowest BCUT2D eigenvalue weighted by molar-refractivity contribution is 0.395. The number of aromatic nitrogens is 1. The second kappa shape index (κ2) is 5.90. The van der Waals surface area contributed by atoms with Crippen LogP contribution in [-0.2, 0) is 10.0 Å². The van der Waals surface area contributed by atoms with Crippen LogP contribution in [0.1, 0.15) is 0 Å². The van der Waals surface area contributed by atoms with Gasteiger partial charge in [0, 0.05) is 17.6 Å². The summed E-state index contributed by atoms with van der Waals surface area (Å²) in [5.41, 5.74) is 0.462. The topological polar surface area (TPSA) is 57.5 Å². The Morgan fingerprint density at radius 1 is 1.00 bits per heavy atom. The largest absolute Gasteiger partial charge is 0.495 e. The van der Waals surface area contributed by atoms with E-state index in [0.29, 0.717) is 26.9 Å². The third-order valence-corrected chi connectivity index (χ3v) is 6.05. The Balaban J connectivity index is 2.34. The van der Waals surface area contributed by atoms with E-state index in [-0.39, 0.29) is 4.90 Å². The van der Waals surface area contributed by atoms with E-state index in [2.05, 4.69) is 15.9 Å². The summed E-state index contributed by atoms with van der Waals surface area (Å²) in [6, 6.07) is 11.6. The number of nitrogens with zero attached hydrogens (tertiary/aromatic N) is 1. The molecule has 0 aliphatic rings. The summed E-state index contributed by atoms with van der Waals surface area (Å²) in [5.74, 6) is 0.994. The molecule has 0 saturated heterocycles. The zero-order valence-electron chi connectivity index (χ0n) is 12.5. The van der Waals surface area contributed by atoms with Gasteiger partial charge in [-0.1, -0.05) is 18.2 Å². The van der Waals surface area contributed by atoms with Crippen LogP contribution in [0.15, 0.2) is 58.0 Å². The average molecular weight is 396 g/mol. The van der Waals surface area contributed by atoms with Crippen LogP contribution in [0.2, 0.25) is 0 Å². The molecule has 0 bridgehead atoms. The van der Waals surface area contributed by atoms with Gasteiger partial charge >= 0.3 is 0 Å². The van der Waals surface area contributed by atoms with E-state index in [0.717, 1.165) is 0 Å². The number of rotatable bonds is 4. The molecule has 3 aromatic rings. The summed E-state index contributed by atoms with van der Waals surface area (Å²) >= 11 is 3.45. The number of benzene rings is 2. The van der Waals surface area contributed by atoms with E-state index in [9.17, 15) is 8.42 Å². The Kier molecular flexibility index (Phi) is 4.08. The second-order valence-corrected chi connectivity index (χ2v) is 7.39. The van der Waals surface area contributed by atoms with Crippen molar-refractivity contribution < 1.29 is 17.9 Å². The lowest BCUT2D eigenvalue weighted by atomic mass is 10.2. The molecule has 2 aromatic carbocycles. The van der Waals surface area contributed by atoms with Gasteiger partial charge in [-0.2, -0.15) is 0 Å². The predicted molar refractivity (Wildman–Crippen MR) is 91.8 cm³/mol. The number of methoxy groups -OCH3 is 2. The first-order chi connectivity index (χ1) is 11.0. The highest BCUT2D eigenvalue weighted by molar-refractivity contribution is 9.10. The Hall–Kier alpha value is -1.99. The third-order valence-electron chi connectivity index (χ3n) is 3.54. The van der Waals surface area contributed by atoms with Gasteiger partial charge in [0.2, 0.25) is 0 Å². The first kappa shape index (κ1) is 15.9. The first-order valence-electron chi connectivity index (χ1n) is 6.73. The highest BCUT2D eigenvalue weighted by Gasteiger charge is 2.23. The van der Waals surface area contributed by atoms with E-state index in [1.165, 1.54) is 17.3 Å². The van der Waals surface area contributed by atoms with Crippen molar-refractivity contribution in [2.45, 2.75) is 4.90 Å². The van der Waals surface area contributed by atoms with Crippen LogP contribution in [0.25, 0.3) is 10.9 Å². The highest BCUT2D eigenvalue weighted by atomic mass is 79.9. The van der Waals surface area contributed by atoms with Gasteiger partial charge in [-0.15, -0.1) is 0 Å². The molecular weight excluding hydrogens is 382 g/mol. The van der Waals surface area contributed by atoms with Crippen molar-refractivity contribution in [1.82, 2.24) is 3.97 Å². The molecule has 7 heteroatoms. The molecule has 0 aliphatic carbocycles. The minimum atomic E-state index is -3.72. The van der Waals surface area contributed by atoms with Gasteiger partial charge < -0.3 is 9.47 Å². The molecule has 0 fully saturated rings. The van der Waals surface area contributed by atoms with Gasteiger partial charge in [-0.25, -0.2) is 12.4 Å². The van der Waals surface area contributed by atoms with Crippen molar-refractivity contribution >= 4 is 36.9 Å². The number of hydrogen-bond acceptors (Lipinski definition) is 4. The normalized spacial score (nSPS) is 11.6. The molecule has 5 nitrogen and oxygen atoms in total. The fourth-order valence-corrected chi connectivity index (χ4v) is 4.40. The van der Waals surface area contributed by atoms with Crippen LogP contribution >= 0.6 is 15.9 Å². The monoisotopic (exact) mass is 395 g/mol. The van der Waals surface area contributed by atoms with Crippen molar-refractivity contribution in [3.63, 3.8) is 0 Å². The number of halogens is 1. The Morgan fingerprint density at radius 2 is 1.65 bits per heavy atom. The van der Waals surface area contributed by atoms with Crippen molar-refractivity contribution in [1.29, 1.82) is 0 Å². The molecule has 3 rings (SSSR count). The number of fused-ring (bicyclic) bond motifs is 1. The first-order valence-corrected chi connectivity index (χ1v) is 8.96. The lowest BCUT2D eigenvalue weighted by Crippen LogP contribution is -2.12. The third kappa shape index (κ3) is 2.49. The Morgan fingerprint density at radius 3 is 2.26 bits per heavy atom. The van der Waals surface area contributed by atoms with Crippen molar-refractivity contribution in [2.75, 3.05) is 14.2 Å². The maximum atomic E-state index is 12.9. The smallest absolute Gasteiger partial charge is 0.268 e. The van der Waals surface area contributed by atoms with E-state index in [1.54, 1.807) is 49.6 Å². The van der Waals surface area contributed by atoms with Crippen molar-refractivity contribution in [3.05, 3.63) is 53.1 Å². The predicted octanol–water partition coefficient (Wildman–Crippen LogP) is 3.66. The Labute approximate surface area is 142 Å². The van der Waals surface area contributed by atoms with Crippen molar-refractivity contribution in [2.24, 2.45) is 0 Å². The van der Waals surface area contributed by atoms with Crippen LogP contribution in [-0.4, -0.2) is 26.6 Å². The van der Waals surface area contributed by atoms with E-state index < -0.39 is 10.0 Å². The molecule has 0 unspecified atom stereocenters. The van der Waals surface area contributed by atoms with Crippen molar-refractivity contribution in [3.8, 4) is 11.5 Å². The fourth-order valence-electron chi connectivity index (χ4n) is 2.43. The SMILES string of the molecule is COc1cc(OC)c2c(ccn2S(=O)(=O)c2ccccc2)c1Br. The van der Waals surface area contributed by atoms with Gasteiger partial charge in [0.25, 0.3) is 10.0 Å². The summed E-state index contributed by atoms with van der Waals surface area (Å²) in [5, 5.41) is 0.695.